The zero-order valence-corrected chi connectivity index (χ0v) is 15.4. The van der Waals surface area contributed by atoms with Crippen LogP contribution in [-0.2, 0) is 4.79 Å². The minimum Gasteiger partial charge on any atom is -0.483 e. The molecule has 2 aromatic rings. The number of anilines is 1. The van der Waals surface area contributed by atoms with Gasteiger partial charge in [-0.15, -0.1) is 0 Å². The Kier molecular flexibility index (Phi) is 5.68. The van der Waals surface area contributed by atoms with Gasteiger partial charge in [-0.2, -0.15) is 0 Å². The summed E-state index contributed by atoms with van der Waals surface area (Å²) in [6.07, 6.45) is 2.69. The summed E-state index contributed by atoms with van der Waals surface area (Å²) in [5.74, 6) is -0.203. The Hall–Kier alpha value is -2.67. The highest BCUT2D eigenvalue weighted by Crippen LogP contribution is 2.22. The van der Waals surface area contributed by atoms with Gasteiger partial charge in [0.1, 0.15) is 5.75 Å². The molecule has 0 aromatic heterocycles. The van der Waals surface area contributed by atoms with Gasteiger partial charge in [0.25, 0.3) is 11.8 Å². The Balaban J connectivity index is 1.58. The molecule has 0 atom stereocenters. The van der Waals surface area contributed by atoms with E-state index in [0.29, 0.717) is 28.8 Å². The monoisotopic (exact) mass is 416 g/mol. The molecule has 0 aliphatic heterocycles. The van der Waals surface area contributed by atoms with E-state index >= 15 is 0 Å². The summed E-state index contributed by atoms with van der Waals surface area (Å²) in [5.41, 5.74) is 1.35. The zero-order valence-electron chi connectivity index (χ0n) is 13.8. The molecule has 0 heterocycles. The predicted molar refractivity (Wildman–Crippen MR) is 101 cm³/mol. The number of carbonyl (C=O) groups excluding carboxylic acids is 3. The van der Waals surface area contributed by atoms with Crippen LogP contribution in [0.25, 0.3) is 0 Å². The maximum Gasteiger partial charge on any atom is 0.262 e. The molecule has 1 fully saturated rings. The number of benzene rings is 2. The standard InChI is InChI=1S/C19H17BrN2O4/c20-14-4-7-17(13(8-14)10-23)26-11-18(24)21-16-3-1-2-12(9-16)19(25)22-15-5-6-15/h1-4,7-10,15H,5-6,11H2,(H,21,24)(H,22,25). The van der Waals surface area contributed by atoms with Crippen molar-refractivity contribution < 1.29 is 19.1 Å². The van der Waals surface area contributed by atoms with E-state index in [1.807, 2.05) is 0 Å². The molecule has 2 aromatic carbocycles. The number of aldehydes is 1. The van der Waals surface area contributed by atoms with Crippen molar-refractivity contribution in [1.82, 2.24) is 5.32 Å². The van der Waals surface area contributed by atoms with Crippen molar-refractivity contribution in [2.75, 3.05) is 11.9 Å². The summed E-state index contributed by atoms with van der Waals surface area (Å²) in [6.45, 7) is -0.249. The molecule has 2 amide bonds. The first-order valence-electron chi connectivity index (χ1n) is 8.13. The highest BCUT2D eigenvalue weighted by molar-refractivity contribution is 9.10. The van der Waals surface area contributed by atoms with E-state index in [-0.39, 0.29) is 24.5 Å². The topological polar surface area (TPSA) is 84.5 Å². The van der Waals surface area contributed by atoms with Crippen molar-refractivity contribution in [3.05, 3.63) is 58.1 Å². The fourth-order valence-electron chi connectivity index (χ4n) is 2.32. The van der Waals surface area contributed by atoms with Crippen molar-refractivity contribution in [3.8, 4) is 5.75 Å². The van der Waals surface area contributed by atoms with E-state index < -0.39 is 0 Å². The highest BCUT2D eigenvalue weighted by Gasteiger charge is 2.23. The Labute approximate surface area is 159 Å². The summed E-state index contributed by atoms with van der Waals surface area (Å²) < 4.78 is 6.16. The molecule has 1 saturated carbocycles. The van der Waals surface area contributed by atoms with Gasteiger partial charge in [0.15, 0.2) is 12.9 Å². The van der Waals surface area contributed by atoms with Gasteiger partial charge in [0, 0.05) is 21.8 Å². The SMILES string of the molecule is O=Cc1cc(Br)ccc1OCC(=O)Nc1cccc(C(=O)NC2CC2)c1. The minimum absolute atomic E-state index is 0.148. The first-order valence-corrected chi connectivity index (χ1v) is 8.93. The second kappa shape index (κ2) is 8.14. The summed E-state index contributed by atoms with van der Waals surface area (Å²) in [5, 5.41) is 5.59. The van der Waals surface area contributed by atoms with Crippen molar-refractivity contribution in [3.63, 3.8) is 0 Å². The van der Waals surface area contributed by atoms with E-state index in [1.165, 1.54) is 0 Å². The Morgan fingerprint density at radius 2 is 2.00 bits per heavy atom. The molecule has 0 spiro atoms. The Morgan fingerprint density at radius 1 is 1.19 bits per heavy atom. The zero-order chi connectivity index (χ0) is 18.5. The average Bonchev–Trinajstić information content (AvgIpc) is 3.44. The molecular weight excluding hydrogens is 400 g/mol. The molecule has 0 radical (unpaired) electrons. The fraction of sp³-hybridized carbons (Fsp3) is 0.211. The summed E-state index contributed by atoms with van der Waals surface area (Å²) >= 11 is 3.27. The quantitative estimate of drug-likeness (QED) is 0.678. The van der Waals surface area contributed by atoms with Crippen LogP contribution in [0.2, 0.25) is 0 Å². The van der Waals surface area contributed by atoms with E-state index in [9.17, 15) is 14.4 Å². The summed E-state index contributed by atoms with van der Waals surface area (Å²) in [4.78, 5) is 35.2. The second-order valence-electron chi connectivity index (χ2n) is 5.97. The molecule has 26 heavy (non-hydrogen) atoms. The van der Waals surface area contributed by atoms with Gasteiger partial charge in [-0.05, 0) is 49.2 Å². The predicted octanol–water partition coefficient (Wildman–Crippen LogP) is 3.17. The molecule has 6 nitrogen and oxygen atoms in total. The lowest BCUT2D eigenvalue weighted by atomic mass is 10.2. The number of rotatable bonds is 7. The van der Waals surface area contributed by atoms with E-state index in [4.69, 9.17) is 4.74 Å². The molecule has 3 rings (SSSR count). The van der Waals surface area contributed by atoms with Crippen molar-refractivity contribution in [2.24, 2.45) is 0 Å². The Morgan fingerprint density at radius 3 is 2.73 bits per heavy atom. The molecule has 1 aliphatic carbocycles. The van der Waals surface area contributed by atoms with Crippen molar-refractivity contribution in [2.45, 2.75) is 18.9 Å². The molecule has 7 heteroatoms. The van der Waals surface area contributed by atoms with Crippen LogP contribution in [0.15, 0.2) is 46.9 Å². The van der Waals surface area contributed by atoms with Gasteiger partial charge < -0.3 is 15.4 Å². The van der Waals surface area contributed by atoms with E-state index in [1.54, 1.807) is 42.5 Å². The minimum atomic E-state index is -0.385. The normalized spacial score (nSPS) is 13.0. The number of ether oxygens (including phenoxy) is 1. The number of halogens is 1. The lowest BCUT2D eigenvalue weighted by Gasteiger charge is -2.10. The van der Waals surface area contributed by atoms with Crippen LogP contribution in [0.3, 0.4) is 0 Å². The van der Waals surface area contributed by atoms with E-state index in [0.717, 1.165) is 17.3 Å². The largest absolute Gasteiger partial charge is 0.483 e. The third-order valence-corrected chi connectivity index (χ3v) is 4.27. The number of hydrogen-bond donors (Lipinski definition) is 2. The van der Waals surface area contributed by atoms with Crippen molar-refractivity contribution in [1.29, 1.82) is 0 Å². The van der Waals surface area contributed by atoms with Gasteiger partial charge in [0.05, 0.1) is 5.56 Å². The number of hydrogen-bond acceptors (Lipinski definition) is 4. The molecule has 0 bridgehead atoms. The smallest absolute Gasteiger partial charge is 0.262 e. The van der Waals surface area contributed by atoms with Gasteiger partial charge in [0.2, 0.25) is 0 Å². The van der Waals surface area contributed by atoms with Gasteiger partial charge in [-0.1, -0.05) is 22.0 Å². The van der Waals surface area contributed by atoms with Crippen LogP contribution in [-0.4, -0.2) is 30.7 Å². The first kappa shape index (κ1) is 18.1. The maximum atomic E-state index is 12.1. The molecule has 134 valence electrons. The van der Waals surface area contributed by atoms with Crippen LogP contribution in [0.4, 0.5) is 5.69 Å². The van der Waals surface area contributed by atoms with Crippen LogP contribution >= 0.6 is 15.9 Å². The van der Waals surface area contributed by atoms with Crippen molar-refractivity contribution >= 4 is 39.7 Å². The molecule has 0 saturated heterocycles. The number of amides is 2. The van der Waals surface area contributed by atoms with Crippen LogP contribution in [0.5, 0.6) is 5.75 Å². The lowest BCUT2D eigenvalue weighted by Crippen LogP contribution is -2.25. The van der Waals surface area contributed by atoms with Crippen LogP contribution in [0.1, 0.15) is 33.6 Å². The molecule has 2 N–H and O–H groups in total. The number of carbonyl (C=O) groups is 3. The maximum absolute atomic E-state index is 12.1. The average molecular weight is 417 g/mol. The molecule has 1 aliphatic rings. The van der Waals surface area contributed by atoms with Gasteiger partial charge >= 0.3 is 0 Å². The van der Waals surface area contributed by atoms with Gasteiger partial charge in [-0.3, -0.25) is 14.4 Å². The second-order valence-corrected chi connectivity index (χ2v) is 6.88. The third kappa shape index (κ3) is 4.92. The van der Waals surface area contributed by atoms with Crippen LogP contribution < -0.4 is 15.4 Å². The lowest BCUT2D eigenvalue weighted by molar-refractivity contribution is -0.118. The fourth-order valence-corrected chi connectivity index (χ4v) is 2.70. The van der Waals surface area contributed by atoms with Crippen LogP contribution in [0, 0.1) is 0 Å². The number of nitrogens with one attached hydrogen (secondary N) is 2. The Bertz CT molecular complexity index is 849. The first-order chi connectivity index (χ1) is 12.5. The van der Waals surface area contributed by atoms with Gasteiger partial charge in [-0.25, -0.2) is 0 Å². The van der Waals surface area contributed by atoms with E-state index in [2.05, 4.69) is 26.6 Å². The summed E-state index contributed by atoms with van der Waals surface area (Å²) in [7, 11) is 0. The highest BCUT2D eigenvalue weighted by atomic mass is 79.9. The third-order valence-electron chi connectivity index (χ3n) is 3.78. The molecular formula is C19H17BrN2O4. The molecule has 0 unspecified atom stereocenters. The summed E-state index contributed by atoms with van der Waals surface area (Å²) in [6, 6.07) is 11.9.